The molecule has 0 atom stereocenters. The van der Waals surface area contributed by atoms with E-state index in [1.54, 1.807) is 6.92 Å². The lowest BCUT2D eigenvalue weighted by molar-refractivity contribution is -0.136. The highest BCUT2D eigenvalue weighted by Gasteiger charge is 2.12. The number of aromatic nitrogens is 2. The molecule has 0 radical (unpaired) electrons. The van der Waals surface area contributed by atoms with Gasteiger partial charge >= 0.3 is 5.97 Å². The second-order valence-electron chi connectivity index (χ2n) is 3.91. The zero-order valence-electron chi connectivity index (χ0n) is 9.95. The maximum atomic E-state index is 12.1. The van der Waals surface area contributed by atoms with E-state index in [1.165, 1.54) is 4.57 Å². The van der Waals surface area contributed by atoms with Gasteiger partial charge in [0.05, 0.1) is 6.42 Å². The van der Waals surface area contributed by atoms with Crippen LogP contribution < -0.4 is 5.56 Å². The normalized spacial score (nSPS) is 10.5. The van der Waals surface area contributed by atoms with Crippen LogP contribution in [0.3, 0.4) is 0 Å². The molecule has 0 bridgehead atoms. The first-order valence-electron chi connectivity index (χ1n) is 5.51. The Balaban J connectivity index is 3.27. The number of carboxylic acids is 1. The molecule has 1 aromatic rings. The van der Waals surface area contributed by atoms with Crippen molar-refractivity contribution in [2.75, 3.05) is 0 Å². The van der Waals surface area contributed by atoms with E-state index in [2.05, 4.69) is 4.98 Å². The number of H-pyrrole nitrogens is 1. The molecule has 1 rings (SSSR count). The molecule has 1 heterocycles. The van der Waals surface area contributed by atoms with Crippen molar-refractivity contribution in [2.24, 2.45) is 0 Å². The summed E-state index contributed by atoms with van der Waals surface area (Å²) in [4.78, 5) is 25.6. The Labute approximate surface area is 104 Å². The number of nitrogens with one attached hydrogen (secondary N) is 1. The van der Waals surface area contributed by atoms with E-state index in [1.807, 2.05) is 6.92 Å². The number of aliphatic carboxylic acids is 1. The third kappa shape index (κ3) is 3.26. The van der Waals surface area contributed by atoms with E-state index in [0.717, 1.165) is 12.8 Å². The molecule has 0 amide bonds. The van der Waals surface area contributed by atoms with Crippen LogP contribution in [0.2, 0.25) is 0 Å². The van der Waals surface area contributed by atoms with Gasteiger partial charge in [-0.05, 0) is 25.6 Å². The number of carbonyl (C=O) groups is 1. The van der Waals surface area contributed by atoms with Crippen molar-refractivity contribution in [3.05, 3.63) is 26.4 Å². The molecule has 94 valence electrons. The molecular weight excluding hydrogens is 240 g/mol. The summed E-state index contributed by atoms with van der Waals surface area (Å²) < 4.78 is 1.79. The molecular formula is C11H16N2O3S. The average molecular weight is 256 g/mol. The molecule has 0 aromatic carbocycles. The van der Waals surface area contributed by atoms with E-state index in [0.29, 0.717) is 17.0 Å². The number of rotatable bonds is 5. The van der Waals surface area contributed by atoms with Gasteiger partial charge in [0.15, 0.2) is 4.77 Å². The van der Waals surface area contributed by atoms with Crippen LogP contribution in [0.15, 0.2) is 4.79 Å². The lowest BCUT2D eigenvalue weighted by Gasteiger charge is -2.09. The van der Waals surface area contributed by atoms with E-state index < -0.39 is 5.97 Å². The van der Waals surface area contributed by atoms with Crippen molar-refractivity contribution in [1.29, 1.82) is 0 Å². The zero-order chi connectivity index (χ0) is 13.0. The number of nitrogens with zero attached hydrogens (tertiary/aromatic N) is 1. The summed E-state index contributed by atoms with van der Waals surface area (Å²) in [6.45, 7) is 4.21. The van der Waals surface area contributed by atoms with Crippen molar-refractivity contribution in [3.8, 4) is 0 Å². The second kappa shape index (κ2) is 5.77. The molecule has 0 aliphatic heterocycles. The standard InChI is InChI=1S/C11H16N2O3S/c1-3-4-5-13-10(16)8(6-9(14)15)7(2)12-11(13)17/h3-6H2,1-2H3,(H,12,17)(H,14,15). The quantitative estimate of drug-likeness (QED) is 0.785. The zero-order valence-corrected chi connectivity index (χ0v) is 10.8. The smallest absolute Gasteiger partial charge is 0.308 e. The number of carboxylic acid groups (broad SMARTS) is 1. The Hall–Kier alpha value is -1.43. The van der Waals surface area contributed by atoms with Crippen LogP contribution in [0.1, 0.15) is 31.0 Å². The fraction of sp³-hybridized carbons (Fsp3) is 0.545. The Morgan fingerprint density at radius 2 is 2.18 bits per heavy atom. The lowest BCUT2D eigenvalue weighted by atomic mass is 10.1. The molecule has 0 aliphatic rings. The van der Waals surface area contributed by atoms with Crippen molar-refractivity contribution < 1.29 is 9.90 Å². The largest absolute Gasteiger partial charge is 0.481 e. The summed E-state index contributed by atoms with van der Waals surface area (Å²) in [5.74, 6) is -1.02. The topological polar surface area (TPSA) is 75.1 Å². The Bertz CT molecular complexity index is 530. The first-order chi connectivity index (χ1) is 7.97. The predicted octanol–water partition coefficient (Wildman–Crippen LogP) is 1.64. The highest BCUT2D eigenvalue weighted by atomic mass is 32.1. The van der Waals surface area contributed by atoms with Crippen LogP contribution in [0, 0.1) is 11.7 Å². The Kier molecular flexibility index (Phi) is 4.62. The minimum absolute atomic E-state index is 0.275. The third-order valence-corrected chi connectivity index (χ3v) is 2.88. The van der Waals surface area contributed by atoms with Gasteiger partial charge < -0.3 is 10.1 Å². The molecule has 0 saturated carbocycles. The van der Waals surface area contributed by atoms with Crippen LogP contribution >= 0.6 is 12.2 Å². The van der Waals surface area contributed by atoms with Gasteiger partial charge in [0, 0.05) is 17.8 Å². The van der Waals surface area contributed by atoms with Gasteiger partial charge in [-0.15, -0.1) is 0 Å². The van der Waals surface area contributed by atoms with Crippen LogP contribution in [-0.4, -0.2) is 20.6 Å². The van der Waals surface area contributed by atoms with Crippen LogP contribution in [0.4, 0.5) is 0 Å². The van der Waals surface area contributed by atoms with Gasteiger partial charge in [0.2, 0.25) is 0 Å². The van der Waals surface area contributed by atoms with Gasteiger partial charge in [-0.3, -0.25) is 14.2 Å². The second-order valence-corrected chi connectivity index (χ2v) is 4.30. The first-order valence-corrected chi connectivity index (χ1v) is 5.92. The molecule has 0 unspecified atom stereocenters. The highest BCUT2D eigenvalue weighted by Crippen LogP contribution is 2.02. The molecule has 0 fully saturated rings. The number of hydrogen-bond donors (Lipinski definition) is 2. The molecule has 17 heavy (non-hydrogen) atoms. The SMILES string of the molecule is CCCCn1c(=S)[nH]c(C)c(CC(=O)O)c1=O. The minimum atomic E-state index is -1.02. The van der Waals surface area contributed by atoms with Crippen molar-refractivity contribution in [2.45, 2.75) is 39.7 Å². The number of unbranched alkanes of at least 4 members (excludes halogenated alkanes) is 1. The predicted molar refractivity (Wildman–Crippen MR) is 66.9 cm³/mol. The molecule has 1 aromatic heterocycles. The van der Waals surface area contributed by atoms with Gasteiger partial charge in [-0.2, -0.15) is 0 Å². The van der Waals surface area contributed by atoms with E-state index in [4.69, 9.17) is 17.3 Å². The van der Waals surface area contributed by atoms with Crippen LogP contribution in [-0.2, 0) is 17.8 Å². The van der Waals surface area contributed by atoms with Crippen molar-refractivity contribution in [3.63, 3.8) is 0 Å². The van der Waals surface area contributed by atoms with Gasteiger partial charge in [-0.25, -0.2) is 0 Å². The Morgan fingerprint density at radius 1 is 1.53 bits per heavy atom. The highest BCUT2D eigenvalue weighted by molar-refractivity contribution is 7.71. The van der Waals surface area contributed by atoms with Crippen molar-refractivity contribution in [1.82, 2.24) is 9.55 Å². The summed E-state index contributed by atoms with van der Waals surface area (Å²) in [7, 11) is 0. The van der Waals surface area contributed by atoms with Crippen LogP contribution in [0.25, 0.3) is 0 Å². The van der Waals surface area contributed by atoms with Crippen molar-refractivity contribution >= 4 is 18.2 Å². The summed E-state index contributed by atoms with van der Waals surface area (Å²) in [6.07, 6.45) is 1.51. The summed E-state index contributed by atoms with van der Waals surface area (Å²) in [5, 5.41) is 8.76. The first kappa shape index (κ1) is 13.6. The van der Waals surface area contributed by atoms with Gasteiger partial charge in [0.1, 0.15) is 0 Å². The van der Waals surface area contributed by atoms with Gasteiger partial charge in [-0.1, -0.05) is 13.3 Å². The molecule has 0 saturated heterocycles. The minimum Gasteiger partial charge on any atom is -0.481 e. The lowest BCUT2D eigenvalue weighted by Crippen LogP contribution is -2.28. The fourth-order valence-electron chi connectivity index (χ4n) is 1.60. The molecule has 2 N–H and O–H groups in total. The van der Waals surface area contributed by atoms with E-state index >= 15 is 0 Å². The number of aromatic amines is 1. The summed E-state index contributed by atoms with van der Waals surface area (Å²) in [5.41, 5.74) is 0.527. The Morgan fingerprint density at radius 3 is 2.71 bits per heavy atom. The monoisotopic (exact) mass is 256 g/mol. The van der Waals surface area contributed by atoms with Gasteiger partial charge in [0.25, 0.3) is 5.56 Å². The fourth-order valence-corrected chi connectivity index (χ4v) is 1.92. The summed E-state index contributed by atoms with van der Waals surface area (Å²) >= 11 is 5.07. The third-order valence-electron chi connectivity index (χ3n) is 2.56. The molecule has 5 nitrogen and oxygen atoms in total. The number of hydrogen-bond acceptors (Lipinski definition) is 3. The molecule has 0 spiro atoms. The maximum Gasteiger partial charge on any atom is 0.308 e. The maximum absolute atomic E-state index is 12.1. The van der Waals surface area contributed by atoms with Crippen LogP contribution in [0.5, 0.6) is 0 Å². The molecule has 6 heteroatoms. The van der Waals surface area contributed by atoms with E-state index in [-0.39, 0.29) is 17.5 Å². The number of aryl methyl sites for hydroxylation is 1. The summed E-state index contributed by atoms with van der Waals surface area (Å²) in [6, 6.07) is 0. The average Bonchev–Trinajstić information content (AvgIpc) is 2.23. The van der Waals surface area contributed by atoms with E-state index in [9.17, 15) is 9.59 Å². The molecule has 0 aliphatic carbocycles.